The first-order chi connectivity index (χ1) is 9.11. The first-order valence-electron chi connectivity index (χ1n) is 7.18. The van der Waals surface area contributed by atoms with Crippen molar-refractivity contribution >= 4 is 0 Å². The van der Waals surface area contributed by atoms with Gasteiger partial charge in [0.1, 0.15) is 0 Å². The zero-order valence-electron chi connectivity index (χ0n) is 12.1. The molecule has 0 amide bonds. The predicted molar refractivity (Wildman–Crippen MR) is 77.2 cm³/mol. The van der Waals surface area contributed by atoms with Crippen molar-refractivity contribution in [1.82, 2.24) is 4.90 Å². The molecule has 0 aliphatic carbocycles. The summed E-state index contributed by atoms with van der Waals surface area (Å²) in [4.78, 5) is 2.20. The Morgan fingerprint density at radius 3 is 2.32 bits per heavy atom. The fraction of sp³-hybridized carbons (Fsp3) is 0.625. The van der Waals surface area contributed by atoms with Gasteiger partial charge in [0, 0.05) is 39.1 Å². The molecule has 106 valence electrons. The lowest BCUT2D eigenvalue weighted by Gasteiger charge is -2.35. The number of aryl methyl sites for hydroxylation is 1. The molecule has 1 aromatic carbocycles. The molecule has 3 nitrogen and oxygen atoms in total. The highest BCUT2D eigenvalue weighted by Gasteiger charge is 2.30. The number of hydrogen-bond donors (Lipinski definition) is 1. The van der Waals surface area contributed by atoms with Crippen LogP contribution in [-0.4, -0.2) is 42.4 Å². The number of rotatable bonds is 5. The molecule has 1 heterocycles. The fourth-order valence-electron chi connectivity index (χ4n) is 2.66. The molecule has 19 heavy (non-hydrogen) atoms. The molecule has 1 saturated heterocycles. The summed E-state index contributed by atoms with van der Waals surface area (Å²) in [5.41, 5.74) is 2.10. The molecule has 1 aliphatic heterocycles. The summed E-state index contributed by atoms with van der Waals surface area (Å²) in [7, 11) is 2.07. The minimum Gasteiger partial charge on any atom is -0.388 e. The Morgan fingerprint density at radius 1 is 1.16 bits per heavy atom. The number of ether oxygens (including phenoxy) is 1. The molecular weight excluding hydrogens is 238 g/mol. The van der Waals surface area contributed by atoms with E-state index in [0.717, 1.165) is 25.8 Å². The predicted octanol–water partition coefficient (Wildman–Crippen LogP) is 2.22. The van der Waals surface area contributed by atoms with Crippen molar-refractivity contribution in [2.75, 3.05) is 26.8 Å². The average Bonchev–Trinajstić information content (AvgIpc) is 2.39. The average molecular weight is 263 g/mol. The van der Waals surface area contributed by atoms with Crippen molar-refractivity contribution < 1.29 is 9.84 Å². The highest BCUT2D eigenvalue weighted by Crippen LogP contribution is 2.22. The third kappa shape index (κ3) is 4.30. The van der Waals surface area contributed by atoms with Crippen LogP contribution in [0.2, 0.25) is 0 Å². The normalized spacial score (nSPS) is 18.7. The molecule has 1 aliphatic rings. The van der Waals surface area contributed by atoms with Crippen LogP contribution in [0.5, 0.6) is 0 Å². The maximum atomic E-state index is 10.5. The van der Waals surface area contributed by atoms with Crippen LogP contribution in [0.15, 0.2) is 24.3 Å². The van der Waals surface area contributed by atoms with Crippen molar-refractivity contribution in [3.05, 3.63) is 35.4 Å². The van der Waals surface area contributed by atoms with Crippen LogP contribution < -0.4 is 0 Å². The summed E-state index contributed by atoms with van der Waals surface area (Å²) in [6.45, 7) is 5.12. The Bertz CT molecular complexity index is 382. The van der Waals surface area contributed by atoms with Crippen molar-refractivity contribution in [2.24, 2.45) is 0 Å². The van der Waals surface area contributed by atoms with Crippen LogP contribution in [0.4, 0.5) is 0 Å². The first-order valence-corrected chi connectivity index (χ1v) is 7.18. The van der Waals surface area contributed by atoms with Gasteiger partial charge >= 0.3 is 0 Å². The molecule has 2 rings (SSSR count). The van der Waals surface area contributed by atoms with Gasteiger partial charge in [-0.2, -0.15) is 0 Å². The third-order valence-corrected chi connectivity index (χ3v) is 3.87. The van der Waals surface area contributed by atoms with Crippen LogP contribution in [0.1, 0.15) is 30.9 Å². The van der Waals surface area contributed by atoms with Gasteiger partial charge in [0.2, 0.25) is 0 Å². The molecule has 0 spiro atoms. The summed E-state index contributed by atoms with van der Waals surface area (Å²) >= 11 is 0. The second-order valence-corrected chi connectivity index (χ2v) is 5.68. The van der Waals surface area contributed by atoms with E-state index >= 15 is 0 Å². The lowest BCUT2D eigenvalue weighted by atomic mass is 9.94. The maximum Gasteiger partial charge on any atom is 0.0817 e. The van der Waals surface area contributed by atoms with E-state index in [-0.39, 0.29) is 0 Å². The summed E-state index contributed by atoms with van der Waals surface area (Å²) in [5.74, 6) is 0. The van der Waals surface area contributed by atoms with Gasteiger partial charge in [-0.1, -0.05) is 31.2 Å². The first kappa shape index (κ1) is 14.5. The van der Waals surface area contributed by atoms with E-state index in [0.29, 0.717) is 19.8 Å². The quantitative estimate of drug-likeness (QED) is 0.884. The van der Waals surface area contributed by atoms with Crippen molar-refractivity contribution in [3.63, 3.8) is 0 Å². The van der Waals surface area contributed by atoms with Gasteiger partial charge in [0.05, 0.1) is 5.60 Å². The van der Waals surface area contributed by atoms with Crippen LogP contribution in [-0.2, 0) is 17.7 Å². The van der Waals surface area contributed by atoms with Crippen LogP contribution in [0.3, 0.4) is 0 Å². The van der Waals surface area contributed by atoms with E-state index in [4.69, 9.17) is 4.74 Å². The number of hydrogen-bond acceptors (Lipinski definition) is 3. The molecular formula is C16H25NO2. The smallest absolute Gasteiger partial charge is 0.0817 e. The molecule has 1 N–H and O–H groups in total. The van der Waals surface area contributed by atoms with Gasteiger partial charge in [-0.05, 0) is 24.6 Å². The van der Waals surface area contributed by atoms with Gasteiger partial charge < -0.3 is 9.84 Å². The summed E-state index contributed by atoms with van der Waals surface area (Å²) in [6.07, 6.45) is 2.56. The van der Waals surface area contributed by atoms with Gasteiger partial charge in [0.25, 0.3) is 0 Å². The topological polar surface area (TPSA) is 32.7 Å². The van der Waals surface area contributed by atoms with Gasteiger partial charge in [0.15, 0.2) is 0 Å². The van der Waals surface area contributed by atoms with E-state index in [9.17, 15) is 5.11 Å². The number of nitrogens with zero attached hydrogens (tertiary/aromatic N) is 1. The molecule has 0 unspecified atom stereocenters. The summed E-state index contributed by atoms with van der Waals surface area (Å²) in [5, 5.41) is 10.5. The van der Waals surface area contributed by atoms with Gasteiger partial charge in [-0.3, -0.25) is 4.90 Å². The van der Waals surface area contributed by atoms with Crippen molar-refractivity contribution in [2.45, 2.75) is 38.3 Å². The van der Waals surface area contributed by atoms with Crippen molar-refractivity contribution in [3.8, 4) is 0 Å². The van der Waals surface area contributed by atoms with Crippen LogP contribution in [0.25, 0.3) is 0 Å². The second kappa shape index (κ2) is 6.51. The molecule has 1 fully saturated rings. The molecule has 0 bridgehead atoms. The Balaban J connectivity index is 1.87. The van der Waals surface area contributed by atoms with Gasteiger partial charge in [-0.15, -0.1) is 0 Å². The highest BCUT2D eigenvalue weighted by molar-refractivity contribution is 5.22. The molecule has 0 radical (unpaired) electrons. The standard InChI is InChI=1S/C16H25NO2/c1-3-14-4-6-15(7-5-14)12-17(2)13-16(18)8-10-19-11-9-16/h4-7,18H,3,8-13H2,1-2H3. The number of benzene rings is 1. The molecule has 0 atom stereocenters. The molecule has 0 saturated carbocycles. The second-order valence-electron chi connectivity index (χ2n) is 5.68. The van der Waals surface area contributed by atoms with E-state index in [1.165, 1.54) is 11.1 Å². The Kier molecular flexibility index (Phi) is 4.97. The molecule has 1 aromatic rings. The fourth-order valence-corrected chi connectivity index (χ4v) is 2.66. The SMILES string of the molecule is CCc1ccc(CN(C)CC2(O)CCOCC2)cc1. The van der Waals surface area contributed by atoms with Crippen molar-refractivity contribution in [1.29, 1.82) is 0 Å². The Labute approximate surface area is 116 Å². The van der Waals surface area contributed by atoms with Crippen LogP contribution in [0, 0.1) is 0 Å². The lowest BCUT2D eigenvalue weighted by Crippen LogP contribution is -2.45. The number of likely N-dealkylation sites (N-methyl/N-ethyl adjacent to an activating group) is 1. The van der Waals surface area contributed by atoms with E-state index < -0.39 is 5.60 Å². The highest BCUT2D eigenvalue weighted by atomic mass is 16.5. The minimum absolute atomic E-state index is 0.573. The Morgan fingerprint density at radius 2 is 1.74 bits per heavy atom. The largest absolute Gasteiger partial charge is 0.388 e. The van der Waals surface area contributed by atoms with E-state index in [1.807, 2.05) is 0 Å². The zero-order valence-corrected chi connectivity index (χ0v) is 12.1. The van der Waals surface area contributed by atoms with E-state index in [1.54, 1.807) is 0 Å². The van der Waals surface area contributed by atoms with Gasteiger partial charge in [-0.25, -0.2) is 0 Å². The minimum atomic E-state index is -0.573. The van der Waals surface area contributed by atoms with Crippen LogP contribution >= 0.6 is 0 Å². The monoisotopic (exact) mass is 263 g/mol. The molecule has 0 aromatic heterocycles. The third-order valence-electron chi connectivity index (χ3n) is 3.87. The van der Waals surface area contributed by atoms with E-state index in [2.05, 4.69) is 43.1 Å². The maximum absolute atomic E-state index is 10.5. The number of aliphatic hydroxyl groups is 1. The molecule has 3 heteroatoms. The lowest BCUT2D eigenvalue weighted by molar-refractivity contribution is -0.0777. The zero-order chi connectivity index (χ0) is 13.7. The summed E-state index contributed by atoms with van der Waals surface area (Å²) < 4.78 is 5.31. The summed E-state index contributed by atoms with van der Waals surface area (Å²) in [6, 6.07) is 8.74. The Hall–Kier alpha value is -0.900.